The third-order valence-electron chi connectivity index (χ3n) is 5.04. The number of aromatic nitrogens is 2. The van der Waals surface area contributed by atoms with Gasteiger partial charge in [-0.1, -0.05) is 17.7 Å². The van der Waals surface area contributed by atoms with Crippen molar-refractivity contribution in [1.29, 1.82) is 0 Å². The molecule has 32 heavy (non-hydrogen) atoms. The molecule has 7 nitrogen and oxygen atoms in total. The Balaban J connectivity index is 1.69. The maximum absolute atomic E-state index is 13.2. The van der Waals surface area contributed by atoms with Gasteiger partial charge in [-0.25, -0.2) is 9.07 Å². The van der Waals surface area contributed by atoms with Crippen molar-refractivity contribution >= 4 is 23.4 Å². The number of aryl methyl sites for hydroxylation is 1. The molecule has 0 spiro atoms. The highest BCUT2D eigenvalue weighted by Gasteiger charge is 2.16. The Bertz CT molecular complexity index is 1130. The second-order valence-corrected chi connectivity index (χ2v) is 7.68. The van der Waals surface area contributed by atoms with Gasteiger partial charge in [0.05, 0.1) is 24.4 Å². The van der Waals surface area contributed by atoms with Crippen molar-refractivity contribution in [2.45, 2.75) is 26.8 Å². The first-order chi connectivity index (χ1) is 15.3. The van der Waals surface area contributed by atoms with E-state index in [0.717, 1.165) is 22.6 Å². The van der Waals surface area contributed by atoms with Gasteiger partial charge in [-0.15, -0.1) is 0 Å². The van der Waals surface area contributed by atoms with Crippen LogP contribution < -0.4 is 10.6 Å². The Morgan fingerprint density at radius 1 is 1.12 bits per heavy atom. The van der Waals surface area contributed by atoms with E-state index in [1.807, 2.05) is 13.8 Å². The van der Waals surface area contributed by atoms with Crippen LogP contribution in [0, 0.1) is 19.7 Å². The number of amides is 2. The molecule has 3 N–H and O–H groups in total. The van der Waals surface area contributed by atoms with Crippen LogP contribution in [0.3, 0.4) is 0 Å². The Kier molecular flexibility index (Phi) is 7.61. The molecule has 3 aromatic rings. The molecule has 9 heteroatoms. The number of carbonyl (C=O) groups excluding carboxylic acids is 2. The third-order valence-corrected chi connectivity index (χ3v) is 5.39. The maximum Gasteiger partial charge on any atom is 0.251 e. The van der Waals surface area contributed by atoms with Gasteiger partial charge in [-0.2, -0.15) is 5.10 Å². The second kappa shape index (κ2) is 10.4. The number of halogens is 2. The summed E-state index contributed by atoms with van der Waals surface area (Å²) < 4.78 is 14.9. The number of aliphatic hydroxyl groups is 1. The number of nitrogens with zero attached hydrogens (tertiary/aromatic N) is 2. The fourth-order valence-corrected chi connectivity index (χ4v) is 3.52. The summed E-state index contributed by atoms with van der Waals surface area (Å²) >= 11 is 6.01. The maximum atomic E-state index is 13.2. The largest absolute Gasteiger partial charge is 0.395 e. The molecule has 0 aliphatic carbocycles. The van der Waals surface area contributed by atoms with Gasteiger partial charge < -0.3 is 15.7 Å². The zero-order valence-corrected chi connectivity index (χ0v) is 18.5. The predicted molar refractivity (Wildman–Crippen MR) is 119 cm³/mol. The van der Waals surface area contributed by atoms with Crippen molar-refractivity contribution in [2.75, 3.05) is 13.2 Å². The van der Waals surface area contributed by atoms with Crippen molar-refractivity contribution in [3.8, 4) is 5.69 Å². The average Bonchev–Trinajstić information content (AvgIpc) is 3.05. The summed E-state index contributed by atoms with van der Waals surface area (Å²) in [6, 6.07) is 11.0. The van der Waals surface area contributed by atoms with Crippen LogP contribution in [0.5, 0.6) is 0 Å². The second-order valence-electron chi connectivity index (χ2n) is 7.28. The summed E-state index contributed by atoms with van der Waals surface area (Å²) in [7, 11) is 0. The van der Waals surface area contributed by atoms with Crippen LogP contribution in [-0.4, -0.2) is 39.9 Å². The van der Waals surface area contributed by atoms with Gasteiger partial charge in [0.15, 0.2) is 0 Å². The standard InChI is InChI=1S/C23H24ClFN4O3/c1-14-20(12-22(31)27-13-17-3-6-18(25)11-21(17)24)15(2)29(28-14)19-7-4-16(5-8-19)23(32)26-9-10-30/h3-8,11,30H,9-10,12-13H2,1-2H3,(H,26,32)(H,27,31). The topological polar surface area (TPSA) is 96.2 Å². The molecule has 0 saturated heterocycles. The van der Waals surface area contributed by atoms with Crippen molar-refractivity contribution in [2.24, 2.45) is 0 Å². The van der Waals surface area contributed by atoms with Gasteiger partial charge in [0.1, 0.15) is 5.82 Å². The zero-order chi connectivity index (χ0) is 23.3. The molecule has 168 valence electrons. The summed E-state index contributed by atoms with van der Waals surface area (Å²) in [5, 5.41) is 19.0. The van der Waals surface area contributed by atoms with Crippen LogP contribution in [-0.2, 0) is 17.8 Å². The minimum Gasteiger partial charge on any atom is -0.395 e. The molecular formula is C23H24ClFN4O3. The van der Waals surface area contributed by atoms with Crippen LogP contribution >= 0.6 is 11.6 Å². The lowest BCUT2D eigenvalue weighted by molar-refractivity contribution is -0.120. The monoisotopic (exact) mass is 458 g/mol. The van der Waals surface area contributed by atoms with Crippen LogP contribution in [0.15, 0.2) is 42.5 Å². The fraction of sp³-hybridized carbons (Fsp3) is 0.261. The van der Waals surface area contributed by atoms with Gasteiger partial charge in [0.2, 0.25) is 5.91 Å². The number of benzene rings is 2. The van der Waals surface area contributed by atoms with Crippen molar-refractivity contribution in [3.05, 3.63) is 81.4 Å². The van der Waals surface area contributed by atoms with Crippen molar-refractivity contribution in [3.63, 3.8) is 0 Å². The minimum atomic E-state index is -0.428. The first-order valence-electron chi connectivity index (χ1n) is 10.1. The summed E-state index contributed by atoms with van der Waals surface area (Å²) in [4.78, 5) is 24.5. The first-order valence-corrected chi connectivity index (χ1v) is 10.4. The molecule has 0 aliphatic heterocycles. The number of hydrogen-bond acceptors (Lipinski definition) is 4. The highest BCUT2D eigenvalue weighted by Crippen LogP contribution is 2.20. The Hall–Kier alpha value is -3.23. The molecule has 0 atom stereocenters. The molecule has 0 saturated carbocycles. The number of rotatable bonds is 8. The van der Waals surface area contributed by atoms with E-state index < -0.39 is 5.82 Å². The molecule has 0 bridgehead atoms. The molecule has 2 aromatic carbocycles. The van der Waals surface area contributed by atoms with Crippen LogP contribution in [0.2, 0.25) is 5.02 Å². The van der Waals surface area contributed by atoms with Crippen LogP contribution in [0.25, 0.3) is 5.69 Å². The average molecular weight is 459 g/mol. The smallest absolute Gasteiger partial charge is 0.251 e. The highest BCUT2D eigenvalue weighted by molar-refractivity contribution is 6.31. The fourth-order valence-electron chi connectivity index (χ4n) is 3.29. The molecule has 2 amide bonds. The molecule has 1 aromatic heterocycles. The van der Waals surface area contributed by atoms with Crippen molar-refractivity contribution < 1.29 is 19.1 Å². The van der Waals surface area contributed by atoms with Crippen molar-refractivity contribution in [1.82, 2.24) is 20.4 Å². The summed E-state index contributed by atoms with van der Waals surface area (Å²) in [5.74, 6) is -0.896. The van der Waals surface area contributed by atoms with Crippen LogP contribution in [0.1, 0.15) is 32.9 Å². The normalized spacial score (nSPS) is 10.8. The Morgan fingerprint density at radius 3 is 2.50 bits per heavy atom. The third kappa shape index (κ3) is 5.52. The lowest BCUT2D eigenvalue weighted by Gasteiger charge is -2.09. The molecule has 0 aliphatic rings. The Labute approximate surface area is 190 Å². The van der Waals surface area contributed by atoms with E-state index in [9.17, 15) is 14.0 Å². The van der Waals surface area contributed by atoms with Gasteiger partial charge in [-0.05, 0) is 55.8 Å². The van der Waals surface area contributed by atoms with E-state index in [4.69, 9.17) is 16.7 Å². The van der Waals surface area contributed by atoms with E-state index >= 15 is 0 Å². The summed E-state index contributed by atoms with van der Waals surface area (Å²) in [5.41, 5.74) is 4.21. The lowest BCUT2D eigenvalue weighted by atomic mass is 10.1. The number of nitrogens with one attached hydrogen (secondary N) is 2. The van der Waals surface area contributed by atoms with E-state index in [1.54, 1.807) is 35.0 Å². The number of aliphatic hydroxyl groups excluding tert-OH is 1. The van der Waals surface area contributed by atoms with Gasteiger partial charge in [0, 0.05) is 34.9 Å². The van der Waals surface area contributed by atoms with Gasteiger partial charge >= 0.3 is 0 Å². The minimum absolute atomic E-state index is 0.122. The molecule has 0 fully saturated rings. The van der Waals surface area contributed by atoms with Gasteiger partial charge in [0.25, 0.3) is 5.91 Å². The Morgan fingerprint density at radius 2 is 1.84 bits per heavy atom. The van der Waals surface area contributed by atoms with E-state index in [-0.39, 0.29) is 43.0 Å². The molecule has 3 rings (SSSR count). The van der Waals surface area contributed by atoms with E-state index in [2.05, 4.69) is 15.7 Å². The summed E-state index contributed by atoms with van der Waals surface area (Å²) in [6.45, 7) is 3.98. The predicted octanol–water partition coefficient (Wildman–Crippen LogP) is 2.86. The molecule has 0 radical (unpaired) electrons. The molecule has 1 heterocycles. The molecular weight excluding hydrogens is 435 g/mol. The van der Waals surface area contributed by atoms with E-state index in [1.165, 1.54) is 12.1 Å². The van der Waals surface area contributed by atoms with Gasteiger partial charge in [-0.3, -0.25) is 9.59 Å². The lowest BCUT2D eigenvalue weighted by Crippen LogP contribution is -2.26. The highest BCUT2D eigenvalue weighted by atomic mass is 35.5. The number of carbonyl (C=O) groups is 2. The summed E-state index contributed by atoms with van der Waals surface area (Å²) in [6.07, 6.45) is 0.137. The first kappa shape index (κ1) is 23.4. The quantitative estimate of drug-likeness (QED) is 0.483. The molecule has 0 unspecified atom stereocenters. The van der Waals surface area contributed by atoms with E-state index in [0.29, 0.717) is 11.1 Å². The van der Waals surface area contributed by atoms with Crippen LogP contribution in [0.4, 0.5) is 4.39 Å². The SMILES string of the molecule is Cc1nn(-c2ccc(C(=O)NCCO)cc2)c(C)c1CC(=O)NCc1ccc(F)cc1Cl. The zero-order valence-electron chi connectivity index (χ0n) is 17.8. The number of hydrogen-bond donors (Lipinski definition) is 3.